The van der Waals surface area contributed by atoms with Crippen LogP contribution in [0.3, 0.4) is 0 Å². The van der Waals surface area contributed by atoms with Gasteiger partial charge >= 0.3 is 0 Å². The summed E-state index contributed by atoms with van der Waals surface area (Å²) in [5.74, 6) is 0.529. The van der Waals surface area contributed by atoms with E-state index in [0.717, 1.165) is 19.8 Å². The SMILES string of the molecule is CCNC(C)c1csc(C2CCCOC2)n1. The molecule has 1 saturated heterocycles. The van der Waals surface area contributed by atoms with Crippen molar-refractivity contribution in [2.75, 3.05) is 19.8 Å². The molecule has 4 heteroatoms. The van der Waals surface area contributed by atoms with Crippen molar-refractivity contribution in [2.24, 2.45) is 0 Å². The maximum absolute atomic E-state index is 5.50. The van der Waals surface area contributed by atoms with E-state index in [4.69, 9.17) is 9.72 Å². The second-order valence-electron chi connectivity index (χ2n) is 4.30. The maximum Gasteiger partial charge on any atom is 0.0983 e. The molecule has 2 heterocycles. The Morgan fingerprint density at radius 1 is 1.69 bits per heavy atom. The topological polar surface area (TPSA) is 34.1 Å². The van der Waals surface area contributed by atoms with Crippen LogP contribution in [0, 0.1) is 0 Å². The lowest BCUT2D eigenvalue weighted by Crippen LogP contribution is -2.19. The van der Waals surface area contributed by atoms with Crippen molar-refractivity contribution in [3.05, 3.63) is 16.1 Å². The van der Waals surface area contributed by atoms with Crippen LogP contribution in [-0.4, -0.2) is 24.7 Å². The number of ether oxygens (including phenoxy) is 1. The van der Waals surface area contributed by atoms with Gasteiger partial charge in [-0.25, -0.2) is 4.98 Å². The first kappa shape index (κ1) is 12.0. The summed E-state index contributed by atoms with van der Waals surface area (Å²) in [6.45, 7) is 7.05. The lowest BCUT2D eigenvalue weighted by atomic mass is 10.0. The van der Waals surface area contributed by atoms with E-state index in [1.54, 1.807) is 11.3 Å². The number of aromatic nitrogens is 1. The van der Waals surface area contributed by atoms with E-state index < -0.39 is 0 Å². The maximum atomic E-state index is 5.50. The molecule has 0 aliphatic carbocycles. The molecule has 3 nitrogen and oxygen atoms in total. The number of hydrogen-bond acceptors (Lipinski definition) is 4. The van der Waals surface area contributed by atoms with E-state index in [1.165, 1.54) is 23.5 Å². The first-order valence-electron chi connectivity index (χ1n) is 6.07. The fourth-order valence-corrected chi connectivity index (χ4v) is 3.07. The normalized spacial score (nSPS) is 23.2. The van der Waals surface area contributed by atoms with Gasteiger partial charge in [-0.05, 0) is 26.3 Å². The van der Waals surface area contributed by atoms with Gasteiger partial charge in [0, 0.05) is 23.9 Å². The Hall–Kier alpha value is -0.450. The predicted molar refractivity (Wildman–Crippen MR) is 67.0 cm³/mol. The fourth-order valence-electron chi connectivity index (χ4n) is 2.03. The van der Waals surface area contributed by atoms with Gasteiger partial charge in [0.05, 0.1) is 17.3 Å². The molecule has 0 aromatic carbocycles. The summed E-state index contributed by atoms with van der Waals surface area (Å²) in [6, 6.07) is 0.361. The summed E-state index contributed by atoms with van der Waals surface area (Å²) in [5, 5.41) is 6.82. The van der Waals surface area contributed by atoms with Crippen molar-refractivity contribution in [2.45, 2.75) is 38.6 Å². The molecule has 1 N–H and O–H groups in total. The highest BCUT2D eigenvalue weighted by Gasteiger charge is 2.20. The Bertz CT molecular complexity index is 321. The minimum atomic E-state index is 0.361. The van der Waals surface area contributed by atoms with Crippen molar-refractivity contribution >= 4 is 11.3 Å². The molecule has 90 valence electrons. The second kappa shape index (κ2) is 5.75. The van der Waals surface area contributed by atoms with Crippen molar-refractivity contribution in [1.82, 2.24) is 10.3 Å². The van der Waals surface area contributed by atoms with E-state index in [9.17, 15) is 0 Å². The largest absolute Gasteiger partial charge is 0.381 e. The molecule has 0 spiro atoms. The molecule has 2 unspecified atom stereocenters. The van der Waals surface area contributed by atoms with Gasteiger partial charge in [0.2, 0.25) is 0 Å². The first-order valence-corrected chi connectivity index (χ1v) is 6.95. The highest BCUT2D eigenvalue weighted by molar-refractivity contribution is 7.09. The van der Waals surface area contributed by atoms with Gasteiger partial charge in [-0.3, -0.25) is 0 Å². The minimum Gasteiger partial charge on any atom is -0.381 e. The van der Waals surface area contributed by atoms with Crippen LogP contribution in [0.4, 0.5) is 0 Å². The number of nitrogens with one attached hydrogen (secondary N) is 1. The number of nitrogens with zero attached hydrogens (tertiary/aromatic N) is 1. The smallest absolute Gasteiger partial charge is 0.0983 e. The summed E-state index contributed by atoms with van der Waals surface area (Å²) < 4.78 is 5.50. The molecule has 1 aromatic rings. The summed E-state index contributed by atoms with van der Waals surface area (Å²) in [7, 11) is 0. The minimum absolute atomic E-state index is 0.361. The molecule has 0 saturated carbocycles. The van der Waals surface area contributed by atoms with Crippen molar-refractivity contribution in [3.63, 3.8) is 0 Å². The number of rotatable bonds is 4. The van der Waals surface area contributed by atoms with Crippen molar-refractivity contribution in [3.8, 4) is 0 Å². The Morgan fingerprint density at radius 2 is 2.56 bits per heavy atom. The van der Waals surface area contributed by atoms with Crippen LogP contribution in [0.5, 0.6) is 0 Å². The van der Waals surface area contributed by atoms with Crippen LogP contribution in [0.15, 0.2) is 5.38 Å². The highest BCUT2D eigenvalue weighted by atomic mass is 32.1. The van der Waals surface area contributed by atoms with Gasteiger partial charge in [-0.1, -0.05) is 6.92 Å². The Morgan fingerprint density at radius 3 is 3.25 bits per heavy atom. The molecule has 16 heavy (non-hydrogen) atoms. The standard InChI is InChI=1S/C12H20N2OS/c1-3-13-9(2)11-8-16-12(14-11)10-5-4-6-15-7-10/h8-10,13H,3-7H2,1-2H3. The third-order valence-electron chi connectivity index (χ3n) is 3.00. The fraction of sp³-hybridized carbons (Fsp3) is 0.750. The molecule has 1 aliphatic heterocycles. The van der Waals surface area contributed by atoms with Gasteiger partial charge in [-0.15, -0.1) is 11.3 Å². The summed E-state index contributed by atoms with van der Waals surface area (Å²) in [4.78, 5) is 4.73. The third kappa shape index (κ3) is 2.81. The van der Waals surface area contributed by atoms with E-state index in [1.807, 2.05) is 0 Å². The zero-order valence-corrected chi connectivity index (χ0v) is 10.8. The van der Waals surface area contributed by atoms with Gasteiger partial charge < -0.3 is 10.1 Å². The summed E-state index contributed by atoms with van der Waals surface area (Å²) in [5.41, 5.74) is 1.17. The van der Waals surface area contributed by atoms with Crippen molar-refractivity contribution in [1.29, 1.82) is 0 Å². The zero-order chi connectivity index (χ0) is 11.4. The van der Waals surface area contributed by atoms with Crippen LogP contribution in [-0.2, 0) is 4.74 Å². The lowest BCUT2D eigenvalue weighted by molar-refractivity contribution is 0.0803. The second-order valence-corrected chi connectivity index (χ2v) is 5.19. The summed E-state index contributed by atoms with van der Waals surface area (Å²) in [6.07, 6.45) is 2.39. The van der Waals surface area contributed by atoms with E-state index >= 15 is 0 Å². The van der Waals surface area contributed by atoms with Crippen LogP contribution in [0.2, 0.25) is 0 Å². The molecule has 1 fully saturated rings. The molecular weight excluding hydrogens is 220 g/mol. The number of thiazole rings is 1. The molecule has 1 aliphatic rings. The summed E-state index contributed by atoms with van der Waals surface area (Å²) >= 11 is 1.78. The lowest BCUT2D eigenvalue weighted by Gasteiger charge is -2.19. The molecule has 0 bridgehead atoms. The van der Waals surface area contributed by atoms with Crippen molar-refractivity contribution < 1.29 is 4.74 Å². The Balaban J connectivity index is 2.00. The van der Waals surface area contributed by atoms with Crippen LogP contribution in [0.1, 0.15) is 49.4 Å². The Labute approximate surface area is 101 Å². The predicted octanol–water partition coefficient (Wildman–Crippen LogP) is 2.71. The van der Waals surface area contributed by atoms with E-state index in [2.05, 4.69) is 24.5 Å². The van der Waals surface area contributed by atoms with Gasteiger partial charge in [-0.2, -0.15) is 0 Å². The molecular formula is C12H20N2OS. The van der Waals surface area contributed by atoms with Gasteiger partial charge in [0.25, 0.3) is 0 Å². The first-order chi connectivity index (χ1) is 7.81. The number of hydrogen-bond donors (Lipinski definition) is 1. The zero-order valence-electron chi connectivity index (χ0n) is 10.0. The monoisotopic (exact) mass is 240 g/mol. The average molecular weight is 240 g/mol. The Kier molecular flexibility index (Phi) is 4.32. The molecule has 0 radical (unpaired) electrons. The molecule has 2 rings (SSSR count). The van der Waals surface area contributed by atoms with Crippen LogP contribution >= 0.6 is 11.3 Å². The highest BCUT2D eigenvalue weighted by Crippen LogP contribution is 2.29. The van der Waals surface area contributed by atoms with Gasteiger partial charge in [0.1, 0.15) is 0 Å². The van der Waals surface area contributed by atoms with Crippen LogP contribution < -0.4 is 5.32 Å². The van der Waals surface area contributed by atoms with E-state index in [0.29, 0.717) is 12.0 Å². The molecule has 0 amide bonds. The quantitative estimate of drug-likeness (QED) is 0.878. The third-order valence-corrected chi connectivity index (χ3v) is 4.03. The van der Waals surface area contributed by atoms with Gasteiger partial charge in [0.15, 0.2) is 0 Å². The molecule has 2 atom stereocenters. The van der Waals surface area contributed by atoms with E-state index in [-0.39, 0.29) is 0 Å². The average Bonchev–Trinajstić information content (AvgIpc) is 2.80. The van der Waals surface area contributed by atoms with Crippen LogP contribution in [0.25, 0.3) is 0 Å². The molecule has 1 aromatic heterocycles.